The summed E-state index contributed by atoms with van der Waals surface area (Å²) in [4.78, 5) is 38.3. The summed E-state index contributed by atoms with van der Waals surface area (Å²) in [5.74, 6) is -0.973. The van der Waals surface area contributed by atoms with Gasteiger partial charge in [0, 0.05) is 19.3 Å². The van der Waals surface area contributed by atoms with Crippen LogP contribution in [-0.4, -0.2) is 37.2 Å². The van der Waals surface area contributed by atoms with Crippen LogP contribution in [-0.2, 0) is 28.6 Å². The van der Waals surface area contributed by atoms with Gasteiger partial charge in [-0.25, -0.2) is 0 Å². The van der Waals surface area contributed by atoms with E-state index in [0.717, 1.165) is 77.0 Å². The maximum atomic E-state index is 12.9. The SMILES string of the molecule is CC/C=C\C/C=C\C/C=C\C/C=C\C/C=C\C/C=C\CCC(=O)OC(COC(=O)CCCCCCCCCCCCCCC/C=C\CCCCCCCCCC)COC(=O)CCCCCCCCCCCCCCCCC. The summed E-state index contributed by atoms with van der Waals surface area (Å²) in [7, 11) is 0. The molecule has 0 aromatic carbocycles. The van der Waals surface area contributed by atoms with Crippen LogP contribution in [0.5, 0.6) is 0 Å². The fourth-order valence-corrected chi connectivity index (χ4v) is 9.47. The minimum absolute atomic E-state index is 0.103. The minimum Gasteiger partial charge on any atom is -0.462 e. The molecule has 0 rings (SSSR count). The molecule has 6 heteroatoms. The number of carbonyl (C=O) groups excluding carboxylic acids is 3. The molecule has 0 aromatic rings. The first-order valence-corrected chi connectivity index (χ1v) is 33.1. The molecule has 0 aliphatic rings. The second kappa shape index (κ2) is 65.1. The number of hydrogen-bond acceptors (Lipinski definition) is 6. The Morgan fingerprint density at radius 1 is 0.273 bits per heavy atom. The van der Waals surface area contributed by atoms with E-state index in [2.05, 4.69) is 99.8 Å². The van der Waals surface area contributed by atoms with Gasteiger partial charge in [-0.15, -0.1) is 0 Å². The monoisotopic (exact) mass is 1070 g/mol. The van der Waals surface area contributed by atoms with Crippen LogP contribution in [0.15, 0.2) is 85.1 Å². The van der Waals surface area contributed by atoms with Gasteiger partial charge in [-0.05, 0) is 83.5 Å². The molecule has 0 radical (unpaired) electrons. The minimum atomic E-state index is -0.816. The van der Waals surface area contributed by atoms with Gasteiger partial charge in [0.1, 0.15) is 13.2 Å². The Morgan fingerprint density at radius 3 is 0.844 bits per heavy atom. The zero-order chi connectivity index (χ0) is 55.7. The van der Waals surface area contributed by atoms with Crippen molar-refractivity contribution >= 4 is 17.9 Å². The van der Waals surface area contributed by atoms with Gasteiger partial charge < -0.3 is 14.2 Å². The largest absolute Gasteiger partial charge is 0.462 e. The maximum absolute atomic E-state index is 12.9. The Balaban J connectivity index is 4.38. The molecule has 0 N–H and O–H groups in total. The molecule has 0 heterocycles. The Morgan fingerprint density at radius 2 is 0.532 bits per heavy atom. The molecule has 77 heavy (non-hydrogen) atoms. The van der Waals surface area contributed by atoms with Crippen LogP contribution in [0.3, 0.4) is 0 Å². The summed E-state index contributed by atoms with van der Waals surface area (Å²) in [6.45, 7) is 6.51. The van der Waals surface area contributed by atoms with Crippen LogP contribution in [0, 0.1) is 0 Å². The van der Waals surface area contributed by atoms with Crippen LogP contribution in [0.1, 0.15) is 329 Å². The van der Waals surface area contributed by atoms with E-state index in [1.165, 1.54) is 205 Å². The lowest BCUT2D eigenvalue weighted by atomic mass is 10.0. The first-order valence-electron chi connectivity index (χ1n) is 33.1. The van der Waals surface area contributed by atoms with Crippen molar-refractivity contribution in [3.63, 3.8) is 0 Å². The molecular weight excluding hydrogens is 949 g/mol. The molecule has 444 valence electrons. The maximum Gasteiger partial charge on any atom is 0.306 e. The van der Waals surface area contributed by atoms with Gasteiger partial charge in [-0.2, -0.15) is 0 Å². The molecule has 1 unspecified atom stereocenters. The Labute approximate surface area is 477 Å². The van der Waals surface area contributed by atoms with Crippen LogP contribution >= 0.6 is 0 Å². The summed E-state index contributed by atoms with van der Waals surface area (Å²) in [6.07, 6.45) is 86.1. The summed E-state index contributed by atoms with van der Waals surface area (Å²) in [5, 5.41) is 0. The Bertz CT molecular complexity index is 1470. The first kappa shape index (κ1) is 73.6. The van der Waals surface area contributed by atoms with Crippen molar-refractivity contribution in [2.45, 2.75) is 335 Å². The van der Waals surface area contributed by atoms with Gasteiger partial charge >= 0.3 is 17.9 Å². The van der Waals surface area contributed by atoms with Crippen LogP contribution < -0.4 is 0 Å². The highest BCUT2D eigenvalue weighted by Crippen LogP contribution is 2.17. The van der Waals surface area contributed by atoms with Crippen molar-refractivity contribution in [1.82, 2.24) is 0 Å². The summed E-state index contributed by atoms with van der Waals surface area (Å²) in [6, 6.07) is 0. The fraction of sp³-hybridized carbons (Fsp3) is 0.761. The molecule has 0 aliphatic heterocycles. The molecule has 0 amide bonds. The molecule has 0 saturated heterocycles. The Kier molecular flexibility index (Phi) is 62.2. The lowest BCUT2D eigenvalue weighted by Crippen LogP contribution is -2.30. The third-order valence-electron chi connectivity index (χ3n) is 14.4. The van der Waals surface area contributed by atoms with E-state index in [1.807, 2.05) is 6.08 Å². The van der Waals surface area contributed by atoms with Crippen molar-refractivity contribution in [1.29, 1.82) is 0 Å². The van der Waals surface area contributed by atoms with Gasteiger partial charge in [-0.3, -0.25) is 14.4 Å². The van der Waals surface area contributed by atoms with E-state index >= 15 is 0 Å². The van der Waals surface area contributed by atoms with Gasteiger partial charge in [0.25, 0.3) is 0 Å². The van der Waals surface area contributed by atoms with Crippen molar-refractivity contribution in [2.24, 2.45) is 0 Å². The van der Waals surface area contributed by atoms with Gasteiger partial charge in [-0.1, -0.05) is 311 Å². The molecule has 1 atom stereocenters. The summed E-state index contributed by atoms with van der Waals surface area (Å²) >= 11 is 0. The summed E-state index contributed by atoms with van der Waals surface area (Å²) in [5.41, 5.74) is 0. The molecule has 0 saturated carbocycles. The van der Waals surface area contributed by atoms with E-state index < -0.39 is 6.10 Å². The molecule has 0 aliphatic carbocycles. The van der Waals surface area contributed by atoms with Crippen LogP contribution in [0.2, 0.25) is 0 Å². The van der Waals surface area contributed by atoms with E-state index in [-0.39, 0.29) is 37.5 Å². The highest BCUT2D eigenvalue weighted by Gasteiger charge is 2.19. The third-order valence-corrected chi connectivity index (χ3v) is 14.4. The highest BCUT2D eigenvalue weighted by atomic mass is 16.6. The van der Waals surface area contributed by atoms with E-state index in [9.17, 15) is 14.4 Å². The predicted molar refractivity (Wildman–Crippen MR) is 334 cm³/mol. The number of rotatable bonds is 60. The standard InChI is InChI=1S/C71H124O6/c1-4-7-10-13-16-19-22-25-28-30-32-33-34-35-36-37-39-40-43-46-49-52-55-58-61-64-70(73)76-67-68(66-75-69(72)63-60-57-54-51-48-45-42-27-24-21-18-15-12-9-6-3)77-71(74)65-62-59-56-53-50-47-44-41-38-31-29-26-23-20-17-14-11-8-5-2/h8,11,17,20,26,29-30,32,38,41,47,50,56,59,68H,4-7,9-10,12-16,18-19,21-25,27-28,31,33-37,39-40,42-46,48-49,51-55,57-58,60-67H2,1-3H3/b11-8-,20-17-,29-26-,32-30-,41-38-,50-47-,59-56-. The quantitative estimate of drug-likeness (QED) is 0.0261. The predicted octanol–water partition coefficient (Wildman–Crippen LogP) is 22.7. The van der Waals surface area contributed by atoms with Crippen molar-refractivity contribution < 1.29 is 28.6 Å². The normalized spacial score (nSPS) is 12.6. The average Bonchev–Trinajstić information content (AvgIpc) is 3.43. The van der Waals surface area contributed by atoms with Gasteiger partial charge in [0.2, 0.25) is 0 Å². The molecular formula is C71H124O6. The lowest BCUT2D eigenvalue weighted by molar-refractivity contribution is -0.166. The lowest BCUT2D eigenvalue weighted by Gasteiger charge is -2.18. The number of unbranched alkanes of at least 4 members (excludes halogenated alkanes) is 35. The van der Waals surface area contributed by atoms with E-state index in [0.29, 0.717) is 19.3 Å². The highest BCUT2D eigenvalue weighted by molar-refractivity contribution is 5.71. The van der Waals surface area contributed by atoms with Crippen molar-refractivity contribution in [3.05, 3.63) is 85.1 Å². The smallest absolute Gasteiger partial charge is 0.306 e. The molecule has 0 fully saturated rings. The number of allylic oxidation sites excluding steroid dienone is 14. The molecule has 0 bridgehead atoms. The third kappa shape index (κ3) is 63.3. The molecule has 6 nitrogen and oxygen atoms in total. The van der Waals surface area contributed by atoms with Crippen molar-refractivity contribution in [2.75, 3.05) is 13.2 Å². The fourth-order valence-electron chi connectivity index (χ4n) is 9.47. The number of esters is 3. The van der Waals surface area contributed by atoms with Crippen molar-refractivity contribution in [3.8, 4) is 0 Å². The second-order valence-corrected chi connectivity index (χ2v) is 22.0. The number of hydrogen-bond donors (Lipinski definition) is 0. The zero-order valence-electron chi connectivity index (χ0n) is 51.0. The van der Waals surface area contributed by atoms with Gasteiger partial charge in [0.15, 0.2) is 6.10 Å². The molecule has 0 spiro atoms. The number of ether oxygens (including phenoxy) is 3. The number of carbonyl (C=O) groups is 3. The Hall–Kier alpha value is -3.41. The van der Waals surface area contributed by atoms with E-state index in [4.69, 9.17) is 14.2 Å². The first-order chi connectivity index (χ1) is 38.0. The topological polar surface area (TPSA) is 78.9 Å². The zero-order valence-corrected chi connectivity index (χ0v) is 51.0. The van der Waals surface area contributed by atoms with Crippen LogP contribution in [0.25, 0.3) is 0 Å². The van der Waals surface area contributed by atoms with Crippen LogP contribution in [0.4, 0.5) is 0 Å². The summed E-state index contributed by atoms with van der Waals surface area (Å²) < 4.78 is 16.9. The van der Waals surface area contributed by atoms with E-state index in [1.54, 1.807) is 0 Å². The second-order valence-electron chi connectivity index (χ2n) is 22.0. The average molecular weight is 1070 g/mol. The molecule has 0 aromatic heterocycles. The van der Waals surface area contributed by atoms with Gasteiger partial charge in [0.05, 0.1) is 0 Å².